The number of halogens is 1. The number of benzene rings is 4. The van der Waals surface area contributed by atoms with Crippen LogP contribution in [0.3, 0.4) is 0 Å². The van der Waals surface area contributed by atoms with E-state index in [-0.39, 0.29) is 5.91 Å². The van der Waals surface area contributed by atoms with Gasteiger partial charge in [-0.3, -0.25) is 4.79 Å². The predicted molar refractivity (Wildman–Crippen MR) is 187 cm³/mol. The highest BCUT2D eigenvalue weighted by molar-refractivity contribution is 7.98. The lowest BCUT2D eigenvalue weighted by molar-refractivity contribution is -0.113. The van der Waals surface area contributed by atoms with Crippen LogP contribution >= 0.6 is 23.4 Å². The largest absolute Gasteiger partial charge is 0.489 e. The number of hydrogen-bond acceptors (Lipinski definition) is 6. The van der Waals surface area contributed by atoms with Crippen LogP contribution in [0.4, 0.5) is 11.6 Å². The van der Waals surface area contributed by atoms with Gasteiger partial charge in [-0.2, -0.15) is 4.98 Å². The van der Waals surface area contributed by atoms with E-state index in [9.17, 15) is 4.79 Å². The average molecular weight is 650 g/mol. The Morgan fingerprint density at radius 3 is 2.37 bits per heavy atom. The summed E-state index contributed by atoms with van der Waals surface area (Å²) in [5.41, 5.74) is 9.80. The van der Waals surface area contributed by atoms with E-state index < -0.39 is 6.04 Å². The Balaban J connectivity index is 1.30. The Bertz CT molecular complexity index is 1950. The lowest BCUT2D eigenvalue weighted by Gasteiger charge is -2.29. The molecule has 1 amide bonds. The van der Waals surface area contributed by atoms with Crippen molar-refractivity contribution < 1.29 is 9.53 Å². The number of allylic oxidation sites excluding steroid dienone is 1. The van der Waals surface area contributed by atoms with Gasteiger partial charge in [0.05, 0.1) is 5.57 Å². The van der Waals surface area contributed by atoms with Gasteiger partial charge in [-0.05, 0) is 97.8 Å². The molecule has 0 fully saturated rings. The molecule has 1 aromatic heterocycles. The van der Waals surface area contributed by atoms with Gasteiger partial charge in [0.2, 0.25) is 11.1 Å². The van der Waals surface area contributed by atoms with Gasteiger partial charge in [0.1, 0.15) is 18.4 Å². The maximum atomic E-state index is 14.0. The Morgan fingerprint density at radius 2 is 1.61 bits per heavy atom. The fourth-order valence-corrected chi connectivity index (χ4v) is 6.65. The molecule has 6 rings (SSSR count). The summed E-state index contributed by atoms with van der Waals surface area (Å²) in [5, 5.41) is 12.6. The summed E-state index contributed by atoms with van der Waals surface area (Å²) >= 11 is 7.90. The van der Waals surface area contributed by atoms with E-state index in [2.05, 4.69) is 43.5 Å². The third-order valence-corrected chi connectivity index (χ3v) is 9.58. The van der Waals surface area contributed by atoms with Crippen molar-refractivity contribution in [1.82, 2.24) is 14.8 Å². The van der Waals surface area contributed by atoms with Gasteiger partial charge in [0.15, 0.2) is 0 Å². The van der Waals surface area contributed by atoms with Gasteiger partial charge in [-0.15, -0.1) is 5.10 Å². The van der Waals surface area contributed by atoms with Crippen LogP contribution in [0, 0.1) is 27.7 Å². The van der Waals surface area contributed by atoms with Crippen molar-refractivity contribution in [2.45, 2.75) is 58.2 Å². The van der Waals surface area contributed by atoms with Crippen LogP contribution in [0.2, 0.25) is 5.02 Å². The van der Waals surface area contributed by atoms with Crippen LogP contribution in [0.5, 0.6) is 5.75 Å². The first kappa shape index (κ1) is 31.5. The molecule has 0 saturated carbocycles. The van der Waals surface area contributed by atoms with Gasteiger partial charge in [0.25, 0.3) is 5.91 Å². The molecule has 1 aliphatic heterocycles. The molecule has 9 heteroatoms. The molecule has 1 unspecified atom stereocenters. The van der Waals surface area contributed by atoms with Gasteiger partial charge in [-0.25, -0.2) is 4.68 Å². The maximum absolute atomic E-state index is 14.0. The number of para-hydroxylation sites is 1. The minimum absolute atomic E-state index is 0.207. The summed E-state index contributed by atoms with van der Waals surface area (Å²) < 4.78 is 8.00. The molecule has 1 aliphatic rings. The van der Waals surface area contributed by atoms with Crippen molar-refractivity contribution >= 4 is 40.9 Å². The van der Waals surface area contributed by atoms with Crippen LogP contribution in [-0.2, 0) is 17.2 Å². The average Bonchev–Trinajstić information content (AvgIpc) is 3.44. The number of hydrogen-bond donors (Lipinski definition) is 2. The van der Waals surface area contributed by atoms with E-state index in [4.69, 9.17) is 26.4 Å². The molecule has 2 heterocycles. The van der Waals surface area contributed by atoms with Crippen LogP contribution < -0.4 is 15.4 Å². The lowest BCUT2D eigenvalue weighted by Crippen LogP contribution is -2.31. The number of rotatable bonds is 9. The monoisotopic (exact) mass is 649 g/mol. The second-order valence-electron chi connectivity index (χ2n) is 11.6. The Morgan fingerprint density at radius 1 is 0.891 bits per heavy atom. The fraction of sp³-hybridized carbons (Fsp3) is 0.216. The first-order valence-corrected chi connectivity index (χ1v) is 16.5. The van der Waals surface area contributed by atoms with E-state index in [1.807, 2.05) is 86.6 Å². The van der Waals surface area contributed by atoms with Crippen molar-refractivity contribution in [2.75, 3.05) is 10.6 Å². The lowest BCUT2D eigenvalue weighted by atomic mass is 9.95. The summed E-state index contributed by atoms with van der Waals surface area (Å²) in [5.74, 6) is 1.73. The number of aromatic nitrogens is 3. The number of fused-ring (bicyclic) bond motifs is 1. The first-order valence-electron chi connectivity index (χ1n) is 15.1. The zero-order valence-electron chi connectivity index (χ0n) is 26.5. The zero-order chi connectivity index (χ0) is 32.4. The van der Waals surface area contributed by atoms with Crippen molar-refractivity contribution in [1.29, 1.82) is 0 Å². The molecule has 0 spiro atoms. The third-order valence-electron chi connectivity index (χ3n) is 8.33. The SMILES string of the molecule is CC1=C(C(=O)Nc2ccccc2C)C(c2ccc(OCc3cc(C)c(C)cc3C)cc2)n2nc(SCc3ccccc3Cl)nc2N1. The molecule has 0 saturated heterocycles. The molecule has 5 aromatic rings. The normalized spacial score (nSPS) is 14.1. The molecule has 1 atom stereocenters. The number of anilines is 2. The predicted octanol–water partition coefficient (Wildman–Crippen LogP) is 8.96. The van der Waals surface area contributed by atoms with Crippen LogP contribution in [0.25, 0.3) is 0 Å². The number of nitrogens with one attached hydrogen (secondary N) is 2. The number of carbonyl (C=O) groups excluding carboxylic acids is 1. The molecular formula is C37H36ClN5O2S. The molecule has 0 radical (unpaired) electrons. The van der Waals surface area contributed by atoms with Gasteiger partial charge in [-0.1, -0.05) is 84.0 Å². The summed E-state index contributed by atoms with van der Waals surface area (Å²) in [6, 6.07) is 27.3. The molecule has 0 aliphatic carbocycles. The number of thioether (sulfide) groups is 1. The van der Waals surface area contributed by atoms with Crippen molar-refractivity contribution in [3.63, 3.8) is 0 Å². The third kappa shape index (κ3) is 6.69. The van der Waals surface area contributed by atoms with E-state index in [0.29, 0.717) is 39.8 Å². The van der Waals surface area contributed by atoms with Crippen molar-refractivity contribution in [3.05, 3.63) is 140 Å². The second kappa shape index (κ2) is 13.4. The number of aryl methyl sites for hydroxylation is 4. The van der Waals surface area contributed by atoms with E-state index in [1.165, 1.54) is 28.5 Å². The fourth-order valence-electron chi connectivity index (χ4n) is 5.54. The molecule has 4 aromatic carbocycles. The molecule has 234 valence electrons. The molecule has 46 heavy (non-hydrogen) atoms. The minimum Gasteiger partial charge on any atom is -0.489 e. The number of nitrogens with zero attached hydrogens (tertiary/aromatic N) is 3. The van der Waals surface area contributed by atoms with E-state index in [0.717, 1.165) is 33.7 Å². The maximum Gasteiger partial charge on any atom is 0.255 e. The Labute approximate surface area is 279 Å². The van der Waals surface area contributed by atoms with Crippen LogP contribution in [0.15, 0.2) is 101 Å². The first-order chi connectivity index (χ1) is 22.2. The Kier molecular flexibility index (Phi) is 9.20. The van der Waals surface area contributed by atoms with Gasteiger partial charge < -0.3 is 15.4 Å². The summed E-state index contributed by atoms with van der Waals surface area (Å²) in [4.78, 5) is 18.8. The molecule has 0 bridgehead atoms. The minimum atomic E-state index is -0.515. The van der Waals surface area contributed by atoms with E-state index >= 15 is 0 Å². The number of amides is 1. The van der Waals surface area contributed by atoms with Gasteiger partial charge >= 0.3 is 0 Å². The summed E-state index contributed by atoms with van der Waals surface area (Å²) in [6.07, 6.45) is 0. The second-order valence-corrected chi connectivity index (χ2v) is 12.9. The van der Waals surface area contributed by atoms with Crippen molar-refractivity contribution in [2.24, 2.45) is 0 Å². The number of ether oxygens (including phenoxy) is 1. The molecule has 2 N–H and O–H groups in total. The topological polar surface area (TPSA) is 81.1 Å². The molecular weight excluding hydrogens is 614 g/mol. The highest BCUT2D eigenvalue weighted by atomic mass is 35.5. The standard InChI is InChI=1S/C37H36ClN5O2S/c1-22-10-6-9-13-32(22)40-35(44)33-26(5)39-36-41-37(46-21-28-11-7-8-12-31(28)38)42-43(36)34(33)27-14-16-30(17-15-27)45-20-29-19-24(3)23(2)18-25(29)4/h6-19,34H,20-21H2,1-5H3,(H,40,44)(H,39,41,42). The number of carbonyl (C=O) groups is 1. The van der Waals surface area contributed by atoms with Crippen LogP contribution in [-0.4, -0.2) is 20.7 Å². The van der Waals surface area contributed by atoms with Gasteiger partial charge in [0, 0.05) is 22.2 Å². The molecule has 7 nitrogen and oxygen atoms in total. The smallest absolute Gasteiger partial charge is 0.255 e. The quantitative estimate of drug-likeness (QED) is 0.155. The van der Waals surface area contributed by atoms with E-state index in [1.54, 1.807) is 4.68 Å². The van der Waals surface area contributed by atoms with Crippen molar-refractivity contribution in [3.8, 4) is 5.75 Å². The highest BCUT2D eigenvalue weighted by Gasteiger charge is 2.34. The Hall–Kier alpha value is -4.53. The summed E-state index contributed by atoms with van der Waals surface area (Å²) in [6.45, 7) is 10.7. The summed E-state index contributed by atoms with van der Waals surface area (Å²) in [7, 11) is 0. The van der Waals surface area contributed by atoms with Crippen LogP contribution in [0.1, 0.15) is 51.9 Å². The zero-order valence-corrected chi connectivity index (χ0v) is 28.1. The highest BCUT2D eigenvalue weighted by Crippen LogP contribution is 2.38.